The minimum absolute atomic E-state index is 0.491. The van der Waals surface area contributed by atoms with Gasteiger partial charge in [0.05, 0.1) is 12.2 Å². The van der Waals surface area contributed by atoms with Crippen LogP contribution >= 0.6 is 0 Å². The first-order valence-corrected chi connectivity index (χ1v) is 7.29. The van der Waals surface area contributed by atoms with Crippen LogP contribution in [0.25, 0.3) is 0 Å². The molecule has 3 heteroatoms. The predicted molar refractivity (Wildman–Crippen MR) is 69.3 cm³/mol. The van der Waals surface area contributed by atoms with Gasteiger partial charge in [-0.15, -0.1) is 0 Å². The molecule has 2 fully saturated rings. The summed E-state index contributed by atoms with van der Waals surface area (Å²) in [6.45, 7) is 1.94. The van der Waals surface area contributed by atoms with Gasteiger partial charge in [0, 0.05) is 19.3 Å². The Labute approximate surface area is 105 Å². The summed E-state index contributed by atoms with van der Waals surface area (Å²) in [5, 5.41) is 3.44. The first kappa shape index (κ1) is 13.3. The molecule has 0 bridgehead atoms. The maximum Gasteiger partial charge on any atom is 0.0590 e. The number of rotatable bonds is 6. The van der Waals surface area contributed by atoms with Crippen LogP contribution in [-0.2, 0) is 9.47 Å². The second-order valence-electron chi connectivity index (χ2n) is 5.42. The zero-order valence-electron chi connectivity index (χ0n) is 11.1. The van der Waals surface area contributed by atoms with Gasteiger partial charge in [0.1, 0.15) is 0 Å². The van der Waals surface area contributed by atoms with Gasteiger partial charge in [0.15, 0.2) is 0 Å². The zero-order valence-corrected chi connectivity index (χ0v) is 11.1. The molecule has 0 aromatic heterocycles. The van der Waals surface area contributed by atoms with Gasteiger partial charge in [-0.05, 0) is 58.4 Å². The van der Waals surface area contributed by atoms with E-state index in [-0.39, 0.29) is 0 Å². The molecule has 2 saturated heterocycles. The summed E-state index contributed by atoms with van der Waals surface area (Å²) in [4.78, 5) is 0. The highest BCUT2D eigenvalue weighted by Crippen LogP contribution is 2.22. The Kier molecular flexibility index (Phi) is 5.75. The molecular weight excluding hydrogens is 214 g/mol. The van der Waals surface area contributed by atoms with E-state index >= 15 is 0 Å². The Morgan fingerprint density at radius 3 is 2.47 bits per heavy atom. The lowest BCUT2D eigenvalue weighted by Crippen LogP contribution is -2.33. The maximum absolute atomic E-state index is 5.81. The molecule has 0 aromatic carbocycles. The van der Waals surface area contributed by atoms with Crippen molar-refractivity contribution in [3.63, 3.8) is 0 Å². The highest BCUT2D eigenvalue weighted by atomic mass is 16.5. The Morgan fingerprint density at radius 2 is 1.82 bits per heavy atom. The standard InChI is InChI=1S/C14H27NO2/c1-15-12(7-8-13-6-4-10-16-13)11-14-5-2-3-9-17-14/h12-15H,2-11H2,1H3. The minimum Gasteiger partial charge on any atom is -0.378 e. The average Bonchev–Trinajstić information content (AvgIpc) is 2.89. The van der Waals surface area contributed by atoms with Crippen LogP contribution in [0.15, 0.2) is 0 Å². The number of ether oxygens (including phenoxy) is 2. The molecule has 3 nitrogen and oxygen atoms in total. The molecule has 3 atom stereocenters. The van der Waals surface area contributed by atoms with Gasteiger partial charge in [-0.1, -0.05) is 0 Å². The van der Waals surface area contributed by atoms with Gasteiger partial charge < -0.3 is 14.8 Å². The Bertz CT molecular complexity index is 198. The summed E-state index contributed by atoms with van der Waals surface area (Å²) in [6, 6.07) is 0.599. The average molecular weight is 241 g/mol. The molecule has 0 spiro atoms. The summed E-state index contributed by atoms with van der Waals surface area (Å²) in [5.41, 5.74) is 0. The van der Waals surface area contributed by atoms with Crippen LogP contribution in [-0.4, -0.2) is 38.5 Å². The summed E-state index contributed by atoms with van der Waals surface area (Å²) in [7, 11) is 2.07. The zero-order chi connectivity index (χ0) is 11.9. The van der Waals surface area contributed by atoms with E-state index in [0.717, 1.165) is 13.2 Å². The molecule has 0 radical (unpaired) electrons. The van der Waals surface area contributed by atoms with Gasteiger partial charge in [-0.2, -0.15) is 0 Å². The van der Waals surface area contributed by atoms with Crippen molar-refractivity contribution in [3.8, 4) is 0 Å². The van der Waals surface area contributed by atoms with Crippen molar-refractivity contribution in [1.29, 1.82) is 0 Å². The molecule has 100 valence electrons. The van der Waals surface area contributed by atoms with Crippen molar-refractivity contribution in [1.82, 2.24) is 5.32 Å². The summed E-state index contributed by atoms with van der Waals surface area (Å²) >= 11 is 0. The third kappa shape index (κ3) is 4.57. The van der Waals surface area contributed by atoms with Crippen molar-refractivity contribution < 1.29 is 9.47 Å². The van der Waals surface area contributed by atoms with Crippen LogP contribution in [0.3, 0.4) is 0 Å². The van der Waals surface area contributed by atoms with Crippen molar-refractivity contribution in [2.45, 2.75) is 69.6 Å². The molecule has 1 N–H and O–H groups in total. The Hall–Kier alpha value is -0.120. The fourth-order valence-electron chi connectivity index (χ4n) is 2.95. The Morgan fingerprint density at radius 1 is 1.06 bits per heavy atom. The van der Waals surface area contributed by atoms with E-state index in [1.807, 2.05) is 0 Å². The smallest absolute Gasteiger partial charge is 0.0590 e. The first-order chi connectivity index (χ1) is 8.38. The van der Waals surface area contributed by atoms with Crippen LogP contribution in [0.5, 0.6) is 0 Å². The van der Waals surface area contributed by atoms with Crippen molar-refractivity contribution >= 4 is 0 Å². The number of nitrogens with one attached hydrogen (secondary N) is 1. The Balaban J connectivity index is 1.64. The minimum atomic E-state index is 0.491. The maximum atomic E-state index is 5.81. The quantitative estimate of drug-likeness (QED) is 0.775. The molecule has 2 aliphatic heterocycles. The van der Waals surface area contributed by atoms with Gasteiger partial charge in [0.25, 0.3) is 0 Å². The molecule has 2 heterocycles. The van der Waals surface area contributed by atoms with Crippen LogP contribution in [0, 0.1) is 0 Å². The third-order valence-corrected chi connectivity index (χ3v) is 4.09. The van der Waals surface area contributed by atoms with Crippen molar-refractivity contribution in [2.24, 2.45) is 0 Å². The lowest BCUT2D eigenvalue weighted by Gasteiger charge is -2.27. The molecule has 17 heavy (non-hydrogen) atoms. The lowest BCUT2D eigenvalue weighted by atomic mass is 9.97. The second kappa shape index (κ2) is 7.34. The monoisotopic (exact) mass is 241 g/mol. The van der Waals surface area contributed by atoms with Crippen LogP contribution in [0.1, 0.15) is 51.4 Å². The van der Waals surface area contributed by atoms with Gasteiger partial charge in [-0.25, -0.2) is 0 Å². The molecule has 0 aromatic rings. The molecular formula is C14H27NO2. The highest BCUT2D eigenvalue weighted by molar-refractivity contribution is 4.75. The van der Waals surface area contributed by atoms with E-state index in [4.69, 9.17) is 9.47 Å². The summed E-state index contributed by atoms with van der Waals surface area (Å²) in [6.07, 6.45) is 11.0. The van der Waals surface area contributed by atoms with Gasteiger partial charge >= 0.3 is 0 Å². The topological polar surface area (TPSA) is 30.5 Å². The van der Waals surface area contributed by atoms with Crippen LogP contribution in [0.4, 0.5) is 0 Å². The van der Waals surface area contributed by atoms with Crippen molar-refractivity contribution in [3.05, 3.63) is 0 Å². The van der Waals surface area contributed by atoms with E-state index in [0.29, 0.717) is 18.2 Å². The molecule has 0 saturated carbocycles. The van der Waals surface area contributed by atoms with E-state index in [9.17, 15) is 0 Å². The SMILES string of the molecule is CNC(CCC1CCCO1)CC1CCCCO1. The molecule has 3 unspecified atom stereocenters. The molecule has 2 rings (SSSR count). The fourth-order valence-corrected chi connectivity index (χ4v) is 2.95. The van der Waals surface area contributed by atoms with Gasteiger partial charge in [-0.3, -0.25) is 0 Å². The van der Waals surface area contributed by atoms with E-state index in [1.165, 1.54) is 51.4 Å². The van der Waals surface area contributed by atoms with E-state index in [1.54, 1.807) is 0 Å². The third-order valence-electron chi connectivity index (χ3n) is 4.09. The first-order valence-electron chi connectivity index (χ1n) is 7.29. The van der Waals surface area contributed by atoms with E-state index in [2.05, 4.69) is 12.4 Å². The predicted octanol–water partition coefficient (Wildman–Crippen LogP) is 2.49. The molecule has 2 aliphatic rings. The normalized spacial score (nSPS) is 31.6. The second-order valence-corrected chi connectivity index (χ2v) is 5.42. The van der Waals surface area contributed by atoms with E-state index < -0.39 is 0 Å². The summed E-state index contributed by atoms with van der Waals surface area (Å²) in [5.74, 6) is 0. The number of hydrogen-bond acceptors (Lipinski definition) is 3. The fraction of sp³-hybridized carbons (Fsp3) is 1.00. The van der Waals surface area contributed by atoms with Crippen LogP contribution in [0.2, 0.25) is 0 Å². The highest BCUT2D eigenvalue weighted by Gasteiger charge is 2.21. The van der Waals surface area contributed by atoms with Crippen molar-refractivity contribution in [2.75, 3.05) is 20.3 Å². The lowest BCUT2D eigenvalue weighted by molar-refractivity contribution is 0.00392. The van der Waals surface area contributed by atoms with Crippen LogP contribution < -0.4 is 5.32 Å². The largest absolute Gasteiger partial charge is 0.378 e. The summed E-state index contributed by atoms with van der Waals surface area (Å²) < 4.78 is 11.5. The molecule has 0 amide bonds. The number of hydrogen-bond donors (Lipinski definition) is 1. The van der Waals surface area contributed by atoms with Gasteiger partial charge in [0.2, 0.25) is 0 Å². The molecule has 0 aliphatic carbocycles.